The lowest BCUT2D eigenvalue weighted by molar-refractivity contribution is -0.137. The average molecular weight is 260 g/mol. The summed E-state index contributed by atoms with van der Waals surface area (Å²) in [5.74, 6) is -0.273. The molecule has 0 aromatic heterocycles. The van der Waals surface area contributed by atoms with Crippen LogP contribution in [0.5, 0.6) is 5.75 Å². The van der Waals surface area contributed by atoms with Gasteiger partial charge >= 0.3 is 6.18 Å². The van der Waals surface area contributed by atoms with Crippen LogP contribution >= 0.6 is 0 Å². The molecule has 3 N–H and O–H groups in total. The summed E-state index contributed by atoms with van der Waals surface area (Å²) in [5, 5.41) is 7.13. The maximum Gasteiger partial charge on any atom is 0.417 e. The van der Waals surface area contributed by atoms with Crippen molar-refractivity contribution in [3.63, 3.8) is 0 Å². The Labute approximate surface area is 103 Å². The number of nitrogens with one attached hydrogen (secondary N) is 1. The quantitative estimate of drug-likeness (QED) is 0.645. The van der Waals surface area contributed by atoms with Crippen molar-refractivity contribution in [1.29, 1.82) is 5.41 Å². The Kier molecular flexibility index (Phi) is 4.21. The first-order valence-corrected chi connectivity index (χ1v) is 5.40. The SMILES string of the molecule is CC(C)COc1ccc(C(=N)N)c(C(F)(F)F)c1. The van der Waals surface area contributed by atoms with Crippen LogP contribution < -0.4 is 10.5 Å². The van der Waals surface area contributed by atoms with E-state index in [4.69, 9.17) is 15.9 Å². The number of benzene rings is 1. The van der Waals surface area contributed by atoms with Crippen LogP contribution in [0.25, 0.3) is 0 Å². The van der Waals surface area contributed by atoms with Crippen LogP contribution in [0.15, 0.2) is 18.2 Å². The molecule has 18 heavy (non-hydrogen) atoms. The third-order valence-corrected chi connectivity index (χ3v) is 2.17. The first-order valence-electron chi connectivity index (χ1n) is 5.40. The van der Waals surface area contributed by atoms with E-state index in [1.54, 1.807) is 0 Å². The summed E-state index contributed by atoms with van der Waals surface area (Å²) in [4.78, 5) is 0. The van der Waals surface area contributed by atoms with E-state index in [-0.39, 0.29) is 17.2 Å². The maximum atomic E-state index is 12.8. The van der Waals surface area contributed by atoms with Gasteiger partial charge in [-0.15, -0.1) is 0 Å². The molecule has 0 saturated heterocycles. The van der Waals surface area contributed by atoms with E-state index in [9.17, 15) is 13.2 Å². The van der Waals surface area contributed by atoms with E-state index in [0.29, 0.717) is 6.61 Å². The number of nitrogens with two attached hydrogens (primary N) is 1. The Bertz CT molecular complexity index is 441. The molecule has 0 aliphatic rings. The Morgan fingerprint density at radius 3 is 2.44 bits per heavy atom. The van der Waals surface area contributed by atoms with E-state index in [1.165, 1.54) is 6.07 Å². The molecule has 1 aromatic carbocycles. The van der Waals surface area contributed by atoms with Gasteiger partial charge in [-0.2, -0.15) is 13.2 Å². The topological polar surface area (TPSA) is 59.1 Å². The molecule has 6 heteroatoms. The molecular weight excluding hydrogens is 245 g/mol. The molecule has 100 valence electrons. The van der Waals surface area contributed by atoms with Crippen molar-refractivity contribution in [2.45, 2.75) is 20.0 Å². The van der Waals surface area contributed by atoms with Crippen LogP contribution in [0.1, 0.15) is 25.0 Å². The van der Waals surface area contributed by atoms with Crippen molar-refractivity contribution >= 4 is 5.84 Å². The molecule has 0 heterocycles. The fraction of sp³-hybridized carbons (Fsp3) is 0.417. The second-order valence-electron chi connectivity index (χ2n) is 4.32. The smallest absolute Gasteiger partial charge is 0.417 e. The first-order chi connectivity index (χ1) is 8.21. The number of rotatable bonds is 4. The predicted molar refractivity (Wildman–Crippen MR) is 62.8 cm³/mol. The summed E-state index contributed by atoms with van der Waals surface area (Å²) in [6.07, 6.45) is -4.56. The van der Waals surface area contributed by atoms with Gasteiger partial charge in [0.15, 0.2) is 0 Å². The minimum Gasteiger partial charge on any atom is -0.493 e. The van der Waals surface area contributed by atoms with E-state index in [0.717, 1.165) is 12.1 Å². The predicted octanol–water partition coefficient (Wildman–Crippen LogP) is 3.02. The van der Waals surface area contributed by atoms with Crippen LogP contribution in [0.4, 0.5) is 13.2 Å². The zero-order valence-corrected chi connectivity index (χ0v) is 10.1. The molecule has 0 aliphatic heterocycles. The van der Waals surface area contributed by atoms with Crippen molar-refractivity contribution in [2.24, 2.45) is 11.7 Å². The number of amidine groups is 1. The van der Waals surface area contributed by atoms with Gasteiger partial charge in [-0.3, -0.25) is 5.41 Å². The highest BCUT2D eigenvalue weighted by atomic mass is 19.4. The van der Waals surface area contributed by atoms with Crippen molar-refractivity contribution in [3.05, 3.63) is 29.3 Å². The molecule has 0 atom stereocenters. The molecule has 0 amide bonds. The summed E-state index contributed by atoms with van der Waals surface area (Å²) in [6, 6.07) is 3.41. The molecule has 1 aromatic rings. The zero-order chi connectivity index (χ0) is 13.9. The van der Waals surface area contributed by atoms with Crippen LogP contribution in [-0.4, -0.2) is 12.4 Å². The van der Waals surface area contributed by atoms with Gasteiger partial charge in [-0.25, -0.2) is 0 Å². The lowest BCUT2D eigenvalue weighted by Gasteiger charge is -2.15. The van der Waals surface area contributed by atoms with Crippen molar-refractivity contribution < 1.29 is 17.9 Å². The Morgan fingerprint density at radius 2 is 2.00 bits per heavy atom. The lowest BCUT2D eigenvalue weighted by atomic mass is 10.1. The highest BCUT2D eigenvalue weighted by molar-refractivity contribution is 5.96. The molecular formula is C12H15F3N2O. The molecule has 0 radical (unpaired) electrons. The van der Waals surface area contributed by atoms with Gasteiger partial charge in [0.1, 0.15) is 11.6 Å². The number of ether oxygens (including phenoxy) is 1. The normalized spacial score (nSPS) is 11.7. The lowest BCUT2D eigenvalue weighted by Crippen LogP contribution is -2.19. The van der Waals surface area contributed by atoms with Crippen LogP contribution in [0.2, 0.25) is 0 Å². The second kappa shape index (κ2) is 5.29. The van der Waals surface area contributed by atoms with E-state index >= 15 is 0 Å². The average Bonchev–Trinajstić information content (AvgIpc) is 2.24. The molecule has 1 rings (SSSR count). The third kappa shape index (κ3) is 3.65. The number of alkyl halides is 3. The molecule has 0 saturated carbocycles. The summed E-state index contributed by atoms with van der Waals surface area (Å²) in [7, 11) is 0. The number of hydrogen-bond acceptors (Lipinski definition) is 2. The Balaban J connectivity index is 3.10. The van der Waals surface area contributed by atoms with Gasteiger partial charge in [-0.05, 0) is 24.1 Å². The van der Waals surface area contributed by atoms with Gasteiger partial charge in [0.05, 0.1) is 12.2 Å². The van der Waals surface area contributed by atoms with Crippen molar-refractivity contribution in [2.75, 3.05) is 6.61 Å². The van der Waals surface area contributed by atoms with E-state index < -0.39 is 17.6 Å². The summed E-state index contributed by atoms with van der Waals surface area (Å²) >= 11 is 0. The molecule has 0 bridgehead atoms. The van der Waals surface area contributed by atoms with Crippen LogP contribution in [0, 0.1) is 11.3 Å². The van der Waals surface area contributed by atoms with Gasteiger partial charge < -0.3 is 10.5 Å². The summed E-state index contributed by atoms with van der Waals surface area (Å²) < 4.78 is 43.6. The fourth-order valence-electron chi connectivity index (χ4n) is 1.35. The molecule has 0 spiro atoms. The standard InChI is InChI=1S/C12H15F3N2O/c1-7(2)6-18-8-3-4-9(11(16)17)10(5-8)12(13,14)15/h3-5,7H,6H2,1-2H3,(H3,16,17). The fourth-order valence-corrected chi connectivity index (χ4v) is 1.35. The monoisotopic (exact) mass is 260 g/mol. The number of halogens is 3. The van der Waals surface area contributed by atoms with Crippen LogP contribution in [-0.2, 0) is 6.18 Å². The first kappa shape index (κ1) is 14.3. The maximum absolute atomic E-state index is 12.8. The van der Waals surface area contributed by atoms with E-state index in [2.05, 4.69) is 0 Å². The highest BCUT2D eigenvalue weighted by Crippen LogP contribution is 2.34. The molecule has 0 fully saturated rings. The van der Waals surface area contributed by atoms with Crippen LogP contribution in [0.3, 0.4) is 0 Å². The van der Waals surface area contributed by atoms with Gasteiger partial charge in [0.2, 0.25) is 0 Å². The summed E-state index contributed by atoms with van der Waals surface area (Å²) in [5.41, 5.74) is 3.84. The highest BCUT2D eigenvalue weighted by Gasteiger charge is 2.34. The molecule has 0 aliphatic carbocycles. The van der Waals surface area contributed by atoms with Crippen molar-refractivity contribution in [1.82, 2.24) is 0 Å². The molecule has 3 nitrogen and oxygen atoms in total. The largest absolute Gasteiger partial charge is 0.493 e. The third-order valence-electron chi connectivity index (χ3n) is 2.17. The summed E-state index contributed by atoms with van der Waals surface area (Å²) in [6.45, 7) is 4.12. The number of hydrogen-bond donors (Lipinski definition) is 2. The van der Waals surface area contributed by atoms with Crippen molar-refractivity contribution in [3.8, 4) is 5.75 Å². The minimum atomic E-state index is -4.56. The zero-order valence-electron chi connectivity index (χ0n) is 10.1. The second-order valence-corrected chi connectivity index (χ2v) is 4.32. The van der Waals surface area contributed by atoms with Gasteiger partial charge in [0, 0.05) is 5.56 Å². The number of nitrogen functional groups attached to an aromatic ring is 1. The minimum absolute atomic E-state index is 0.126. The Morgan fingerprint density at radius 1 is 1.39 bits per heavy atom. The Hall–Kier alpha value is -1.72. The van der Waals surface area contributed by atoms with Gasteiger partial charge in [-0.1, -0.05) is 13.8 Å². The molecule has 0 unspecified atom stereocenters. The van der Waals surface area contributed by atoms with E-state index in [1.807, 2.05) is 13.8 Å². The van der Waals surface area contributed by atoms with Gasteiger partial charge in [0.25, 0.3) is 0 Å².